The van der Waals surface area contributed by atoms with Gasteiger partial charge in [-0.25, -0.2) is 8.42 Å². The zero-order chi connectivity index (χ0) is 22.3. The van der Waals surface area contributed by atoms with Crippen LogP contribution in [0.5, 0.6) is 17.2 Å². The van der Waals surface area contributed by atoms with Crippen molar-refractivity contribution in [1.29, 1.82) is 0 Å². The molecule has 0 fully saturated rings. The van der Waals surface area contributed by atoms with E-state index in [0.29, 0.717) is 12.3 Å². The summed E-state index contributed by atoms with van der Waals surface area (Å²) in [4.78, 5) is 2.21. The summed E-state index contributed by atoms with van der Waals surface area (Å²) in [6, 6.07) is 9.53. The van der Waals surface area contributed by atoms with Gasteiger partial charge in [-0.05, 0) is 68.3 Å². The smallest absolute Gasteiger partial charge is 0.229 e. The van der Waals surface area contributed by atoms with E-state index in [2.05, 4.69) is 16.7 Å². The summed E-state index contributed by atoms with van der Waals surface area (Å²) in [7, 11) is 2.02. The van der Waals surface area contributed by atoms with E-state index in [-0.39, 0.29) is 0 Å². The predicted octanol–water partition coefficient (Wildman–Crippen LogP) is 3.25. The second-order valence-corrected chi connectivity index (χ2v) is 9.15. The van der Waals surface area contributed by atoms with E-state index in [1.807, 2.05) is 32.0 Å². The molecule has 0 saturated heterocycles. The maximum Gasteiger partial charge on any atom is 0.229 e. The van der Waals surface area contributed by atoms with Crippen LogP contribution in [0.2, 0.25) is 0 Å². The first kappa shape index (κ1) is 23.8. The fourth-order valence-electron chi connectivity index (χ4n) is 3.22. The molecule has 8 heteroatoms. The molecule has 2 aromatic carbocycles. The summed E-state index contributed by atoms with van der Waals surface area (Å²) >= 11 is 0. The fraction of sp³-hybridized carbons (Fsp3) is 0.455. The lowest BCUT2D eigenvalue weighted by atomic mass is 10.1. The molecular weight excluding hydrogens is 404 g/mol. The van der Waals surface area contributed by atoms with Gasteiger partial charge in [0.25, 0.3) is 0 Å². The van der Waals surface area contributed by atoms with Gasteiger partial charge in [-0.1, -0.05) is 6.07 Å². The highest BCUT2D eigenvalue weighted by Crippen LogP contribution is 2.28. The monoisotopic (exact) mass is 436 g/mol. The van der Waals surface area contributed by atoms with Crippen molar-refractivity contribution in [2.75, 3.05) is 51.9 Å². The zero-order valence-corrected chi connectivity index (χ0v) is 19.4. The molecule has 0 amide bonds. The van der Waals surface area contributed by atoms with Gasteiger partial charge in [0.1, 0.15) is 12.4 Å². The van der Waals surface area contributed by atoms with E-state index < -0.39 is 10.0 Å². The molecule has 0 aliphatic heterocycles. The molecule has 0 atom stereocenters. The standard InChI is InChI=1S/C22H32N2O5S/c1-16-13-19(23-30(6,25)26)14-17(2)22(16)29-12-11-24(3)10-9-18-7-8-20(27-4)21(15-18)28-5/h7-8,13-15,23H,9-12H2,1-6H3. The minimum Gasteiger partial charge on any atom is -0.493 e. The van der Waals surface area contributed by atoms with Gasteiger partial charge < -0.3 is 19.1 Å². The maximum atomic E-state index is 11.4. The van der Waals surface area contributed by atoms with Crippen LogP contribution in [0.3, 0.4) is 0 Å². The Kier molecular flexibility index (Phi) is 8.37. The number of nitrogens with one attached hydrogen (secondary N) is 1. The van der Waals surface area contributed by atoms with E-state index in [4.69, 9.17) is 14.2 Å². The molecule has 0 aromatic heterocycles. The first-order valence-electron chi connectivity index (χ1n) is 9.74. The molecule has 0 aliphatic carbocycles. The van der Waals surface area contributed by atoms with Crippen molar-refractivity contribution in [1.82, 2.24) is 4.90 Å². The molecule has 0 heterocycles. The zero-order valence-electron chi connectivity index (χ0n) is 18.6. The Bertz CT molecular complexity index is 937. The molecule has 0 aliphatic rings. The molecule has 7 nitrogen and oxygen atoms in total. The normalized spacial score (nSPS) is 11.4. The number of sulfonamides is 1. The number of aryl methyl sites for hydroxylation is 2. The number of benzene rings is 2. The van der Waals surface area contributed by atoms with Crippen LogP contribution in [-0.4, -0.2) is 60.5 Å². The van der Waals surface area contributed by atoms with E-state index in [9.17, 15) is 8.42 Å². The quantitative estimate of drug-likeness (QED) is 0.583. The highest BCUT2D eigenvalue weighted by atomic mass is 32.2. The first-order valence-corrected chi connectivity index (χ1v) is 11.6. The third kappa shape index (κ3) is 7.11. The Morgan fingerprint density at radius 2 is 1.60 bits per heavy atom. The number of anilines is 1. The highest BCUT2D eigenvalue weighted by molar-refractivity contribution is 7.92. The third-order valence-corrected chi connectivity index (χ3v) is 5.32. The second-order valence-electron chi connectivity index (χ2n) is 7.40. The lowest BCUT2D eigenvalue weighted by Crippen LogP contribution is -2.26. The van der Waals surface area contributed by atoms with Crippen molar-refractivity contribution in [3.8, 4) is 17.2 Å². The minimum absolute atomic E-state index is 0.545. The van der Waals surface area contributed by atoms with Crippen LogP contribution in [-0.2, 0) is 16.4 Å². The van der Waals surface area contributed by atoms with Gasteiger partial charge in [-0.2, -0.15) is 0 Å². The Morgan fingerprint density at radius 1 is 0.967 bits per heavy atom. The van der Waals surface area contributed by atoms with E-state index in [1.54, 1.807) is 26.4 Å². The van der Waals surface area contributed by atoms with Gasteiger partial charge in [-0.3, -0.25) is 4.72 Å². The SMILES string of the molecule is COc1ccc(CCN(C)CCOc2c(C)cc(NS(C)(=O)=O)cc2C)cc1OC. The average Bonchev–Trinajstić information content (AvgIpc) is 2.66. The van der Waals surface area contributed by atoms with E-state index in [1.165, 1.54) is 5.56 Å². The largest absolute Gasteiger partial charge is 0.493 e. The molecule has 0 spiro atoms. The van der Waals surface area contributed by atoms with Crippen LogP contribution in [0.25, 0.3) is 0 Å². The summed E-state index contributed by atoms with van der Waals surface area (Å²) in [6.45, 7) is 6.03. The maximum absolute atomic E-state index is 11.4. The van der Waals surface area contributed by atoms with Crippen LogP contribution in [0.15, 0.2) is 30.3 Å². The highest BCUT2D eigenvalue weighted by Gasteiger charge is 2.10. The number of likely N-dealkylation sites (N-methyl/N-ethyl adjacent to an activating group) is 1. The molecule has 0 bridgehead atoms. The summed E-state index contributed by atoms with van der Waals surface area (Å²) in [6.07, 6.45) is 2.03. The van der Waals surface area contributed by atoms with Crippen LogP contribution in [0, 0.1) is 13.8 Å². The lowest BCUT2D eigenvalue weighted by Gasteiger charge is -2.19. The molecule has 2 aromatic rings. The number of rotatable bonds is 11. The summed E-state index contributed by atoms with van der Waals surface area (Å²) < 4.78 is 42.0. The van der Waals surface area contributed by atoms with Crippen molar-refractivity contribution in [3.05, 3.63) is 47.0 Å². The number of hydrogen-bond donors (Lipinski definition) is 1. The summed E-state index contributed by atoms with van der Waals surface area (Å²) in [5.74, 6) is 2.26. The van der Waals surface area contributed by atoms with E-state index in [0.717, 1.165) is 54.1 Å². The van der Waals surface area contributed by atoms with Crippen molar-refractivity contribution in [2.45, 2.75) is 20.3 Å². The summed E-state index contributed by atoms with van der Waals surface area (Å²) in [5, 5.41) is 0. The first-order chi connectivity index (χ1) is 14.1. The number of nitrogens with zero attached hydrogens (tertiary/aromatic N) is 1. The molecule has 2 rings (SSSR count). The second kappa shape index (κ2) is 10.5. The molecule has 0 radical (unpaired) electrons. The van der Waals surface area contributed by atoms with Gasteiger partial charge in [-0.15, -0.1) is 0 Å². The van der Waals surface area contributed by atoms with Crippen molar-refractivity contribution >= 4 is 15.7 Å². The number of hydrogen-bond acceptors (Lipinski definition) is 6. The van der Waals surface area contributed by atoms with Crippen molar-refractivity contribution < 1.29 is 22.6 Å². The van der Waals surface area contributed by atoms with Gasteiger partial charge >= 0.3 is 0 Å². The molecular formula is C22H32N2O5S. The molecule has 166 valence electrons. The number of methoxy groups -OCH3 is 2. The Hall–Kier alpha value is -2.45. The third-order valence-electron chi connectivity index (χ3n) is 4.71. The Balaban J connectivity index is 1.86. The van der Waals surface area contributed by atoms with Crippen LogP contribution < -0.4 is 18.9 Å². The van der Waals surface area contributed by atoms with Crippen molar-refractivity contribution in [2.24, 2.45) is 0 Å². The van der Waals surface area contributed by atoms with E-state index >= 15 is 0 Å². The minimum atomic E-state index is -3.30. The van der Waals surface area contributed by atoms with Crippen LogP contribution in [0.4, 0.5) is 5.69 Å². The van der Waals surface area contributed by atoms with Crippen LogP contribution in [0.1, 0.15) is 16.7 Å². The Labute approximate surface area is 180 Å². The molecule has 30 heavy (non-hydrogen) atoms. The van der Waals surface area contributed by atoms with Gasteiger partial charge in [0.15, 0.2) is 11.5 Å². The average molecular weight is 437 g/mol. The molecule has 0 saturated carbocycles. The summed E-state index contributed by atoms with van der Waals surface area (Å²) in [5.41, 5.74) is 3.52. The van der Waals surface area contributed by atoms with Crippen LogP contribution >= 0.6 is 0 Å². The van der Waals surface area contributed by atoms with Gasteiger partial charge in [0, 0.05) is 18.8 Å². The van der Waals surface area contributed by atoms with Crippen molar-refractivity contribution in [3.63, 3.8) is 0 Å². The Morgan fingerprint density at radius 3 is 2.17 bits per heavy atom. The number of ether oxygens (including phenoxy) is 3. The molecule has 0 unspecified atom stereocenters. The predicted molar refractivity (Wildman–Crippen MR) is 121 cm³/mol. The van der Waals surface area contributed by atoms with Gasteiger partial charge in [0.05, 0.1) is 20.5 Å². The van der Waals surface area contributed by atoms with Gasteiger partial charge in [0.2, 0.25) is 10.0 Å². The topological polar surface area (TPSA) is 77.1 Å². The lowest BCUT2D eigenvalue weighted by molar-refractivity contribution is 0.237. The fourth-order valence-corrected chi connectivity index (χ4v) is 3.77. The molecule has 1 N–H and O–H groups in total.